The maximum absolute atomic E-state index is 13.1. The molecule has 1 aromatic carbocycles. The number of morpholine rings is 1. The predicted molar refractivity (Wildman–Crippen MR) is 102 cm³/mol. The highest BCUT2D eigenvalue weighted by Gasteiger charge is 2.36. The van der Waals surface area contributed by atoms with E-state index in [0.29, 0.717) is 61.9 Å². The summed E-state index contributed by atoms with van der Waals surface area (Å²) in [6.45, 7) is 3.01. The van der Waals surface area contributed by atoms with E-state index in [2.05, 4.69) is 5.10 Å². The first-order valence-electron chi connectivity index (χ1n) is 9.30. The van der Waals surface area contributed by atoms with E-state index in [1.54, 1.807) is 41.0 Å². The van der Waals surface area contributed by atoms with Crippen LogP contribution in [0.1, 0.15) is 22.5 Å². The smallest absolute Gasteiger partial charge is 0.274 e. The van der Waals surface area contributed by atoms with Gasteiger partial charge in [-0.1, -0.05) is 18.2 Å². The van der Waals surface area contributed by atoms with Crippen LogP contribution in [0.3, 0.4) is 0 Å². The molecule has 0 atom stereocenters. The molecule has 0 N–H and O–H groups in total. The Morgan fingerprint density at radius 2 is 2.00 bits per heavy atom. The Labute approximate surface area is 164 Å². The molecule has 9 heteroatoms. The summed E-state index contributed by atoms with van der Waals surface area (Å²) in [5, 5.41) is 4.57. The number of nitrogens with zero attached hydrogens (tertiary/aromatic N) is 3. The zero-order valence-corrected chi connectivity index (χ0v) is 16.6. The van der Waals surface area contributed by atoms with Crippen molar-refractivity contribution in [3.63, 3.8) is 0 Å². The summed E-state index contributed by atoms with van der Waals surface area (Å²) in [4.78, 5) is 15.1. The van der Waals surface area contributed by atoms with Gasteiger partial charge in [-0.2, -0.15) is 5.10 Å². The van der Waals surface area contributed by atoms with Gasteiger partial charge in [-0.05, 0) is 12.5 Å². The summed E-state index contributed by atoms with van der Waals surface area (Å²) in [5.74, 6) is -0.450. The number of rotatable bonds is 5. The van der Waals surface area contributed by atoms with Crippen molar-refractivity contribution in [3.05, 3.63) is 35.5 Å². The molecule has 2 aliphatic heterocycles. The highest BCUT2D eigenvalue weighted by atomic mass is 32.2. The molecule has 0 radical (unpaired) electrons. The van der Waals surface area contributed by atoms with Crippen LogP contribution in [0, 0.1) is 0 Å². The molecule has 4 rings (SSSR count). The zero-order chi connectivity index (χ0) is 19.7. The fourth-order valence-corrected chi connectivity index (χ4v) is 5.34. The third kappa shape index (κ3) is 3.34. The molecule has 1 aromatic heterocycles. The zero-order valence-electron chi connectivity index (χ0n) is 15.8. The minimum Gasteiger partial charge on any atom is -0.385 e. The van der Waals surface area contributed by atoms with Crippen LogP contribution in [-0.2, 0) is 31.6 Å². The van der Waals surface area contributed by atoms with Crippen LogP contribution in [0.15, 0.2) is 29.2 Å². The largest absolute Gasteiger partial charge is 0.385 e. The quantitative estimate of drug-likeness (QED) is 0.698. The number of hydrogen-bond donors (Lipinski definition) is 0. The molecule has 2 aromatic rings. The van der Waals surface area contributed by atoms with Crippen molar-refractivity contribution in [1.29, 1.82) is 0 Å². The number of carbonyl (C=O) groups excluding carboxylic acids is 1. The normalized spacial score (nSPS) is 17.8. The van der Waals surface area contributed by atoms with Gasteiger partial charge >= 0.3 is 0 Å². The van der Waals surface area contributed by atoms with Crippen molar-refractivity contribution in [1.82, 2.24) is 14.7 Å². The number of benzene rings is 1. The number of carbonyl (C=O) groups is 1. The van der Waals surface area contributed by atoms with Crippen LogP contribution < -0.4 is 0 Å². The first-order valence-corrected chi connectivity index (χ1v) is 11.0. The summed E-state index contributed by atoms with van der Waals surface area (Å²) in [5.41, 5.74) is 2.05. The van der Waals surface area contributed by atoms with Crippen LogP contribution >= 0.6 is 0 Å². The Hall–Kier alpha value is -2.23. The van der Waals surface area contributed by atoms with Gasteiger partial charge in [-0.3, -0.25) is 9.48 Å². The van der Waals surface area contributed by atoms with Gasteiger partial charge < -0.3 is 14.4 Å². The Balaban J connectivity index is 1.83. The monoisotopic (exact) mass is 405 g/mol. The fourth-order valence-electron chi connectivity index (χ4n) is 3.75. The number of methoxy groups -OCH3 is 1. The second-order valence-corrected chi connectivity index (χ2v) is 8.86. The molecule has 3 heterocycles. The van der Waals surface area contributed by atoms with E-state index in [9.17, 15) is 13.2 Å². The number of ether oxygens (including phenoxy) is 2. The van der Waals surface area contributed by atoms with E-state index in [4.69, 9.17) is 9.47 Å². The lowest BCUT2D eigenvalue weighted by atomic mass is 10.1. The minimum absolute atomic E-state index is 0.213. The molecular formula is C19H23N3O5S. The van der Waals surface area contributed by atoms with Gasteiger partial charge in [-0.25, -0.2) is 8.42 Å². The van der Waals surface area contributed by atoms with Crippen LogP contribution in [-0.4, -0.2) is 69.0 Å². The van der Waals surface area contributed by atoms with Gasteiger partial charge in [-0.15, -0.1) is 0 Å². The third-order valence-corrected chi connectivity index (χ3v) is 6.78. The van der Waals surface area contributed by atoms with E-state index < -0.39 is 9.84 Å². The van der Waals surface area contributed by atoms with E-state index in [0.717, 1.165) is 5.69 Å². The number of hydrogen-bond acceptors (Lipinski definition) is 6. The van der Waals surface area contributed by atoms with Crippen LogP contribution in [0.2, 0.25) is 0 Å². The summed E-state index contributed by atoms with van der Waals surface area (Å²) < 4.78 is 37.9. The topological polar surface area (TPSA) is 90.7 Å². The molecule has 0 saturated carbocycles. The summed E-state index contributed by atoms with van der Waals surface area (Å²) in [7, 11) is -1.89. The maximum Gasteiger partial charge on any atom is 0.274 e. The highest BCUT2D eigenvalue weighted by Crippen LogP contribution is 2.39. The molecule has 1 fully saturated rings. The molecule has 28 heavy (non-hydrogen) atoms. The number of amides is 1. The summed E-state index contributed by atoms with van der Waals surface area (Å²) in [6, 6.07) is 6.91. The summed E-state index contributed by atoms with van der Waals surface area (Å²) in [6.07, 6.45) is 0.713. The molecule has 1 amide bonds. The number of aryl methyl sites for hydroxylation is 1. The second kappa shape index (κ2) is 7.65. The Morgan fingerprint density at radius 1 is 1.25 bits per heavy atom. The van der Waals surface area contributed by atoms with Crippen molar-refractivity contribution in [2.24, 2.45) is 0 Å². The van der Waals surface area contributed by atoms with E-state index in [1.807, 2.05) is 0 Å². The van der Waals surface area contributed by atoms with Crippen LogP contribution in [0.4, 0.5) is 0 Å². The molecule has 0 unspecified atom stereocenters. The van der Waals surface area contributed by atoms with Crippen molar-refractivity contribution in [3.8, 4) is 11.3 Å². The standard InChI is InChI=1S/C19H23N3O5S/c1-26-10-4-7-22-18-14-5-2-3-6-16(14)28(24,25)13-15(18)17(20-22)19(23)21-8-11-27-12-9-21/h2-3,5-6H,4,7-13H2,1H3. The Bertz CT molecular complexity index is 993. The molecule has 150 valence electrons. The summed E-state index contributed by atoms with van der Waals surface area (Å²) >= 11 is 0. The van der Waals surface area contributed by atoms with Crippen LogP contribution in [0.5, 0.6) is 0 Å². The van der Waals surface area contributed by atoms with Crippen molar-refractivity contribution in [2.75, 3.05) is 40.0 Å². The van der Waals surface area contributed by atoms with Gasteiger partial charge in [0.15, 0.2) is 15.5 Å². The van der Waals surface area contributed by atoms with E-state index in [1.165, 1.54) is 0 Å². The predicted octanol–water partition coefficient (Wildman–Crippen LogP) is 1.35. The Kier molecular flexibility index (Phi) is 5.22. The molecule has 2 aliphatic rings. The lowest BCUT2D eigenvalue weighted by Gasteiger charge is -2.26. The SMILES string of the molecule is COCCCn1nc(C(=O)N2CCOCC2)c2c1-c1ccccc1S(=O)(=O)C2. The molecule has 8 nitrogen and oxygen atoms in total. The first-order chi connectivity index (χ1) is 13.5. The van der Waals surface area contributed by atoms with Crippen molar-refractivity contribution >= 4 is 15.7 Å². The number of aromatic nitrogens is 2. The highest BCUT2D eigenvalue weighted by molar-refractivity contribution is 7.90. The lowest BCUT2D eigenvalue weighted by Crippen LogP contribution is -2.41. The van der Waals surface area contributed by atoms with Crippen LogP contribution in [0.25, 0.3) is 11.3 Å². The Morgan fingerprint density at radius 3 is 2.75 bits per heavy atom. The van der Waals surface area contributed by atoms with Gasteiger partial charge in [0, 0.05) is 44.5 Å². The first kappa shape index (κ1) is 19.1. The molecule has 0 bridgehead atoms. The number of sulfone groups is 1. The number of fused-ring (bicyclic) bond motifs is 3. The lowest BCUT2D eigenvalue weighted by molar-refractivity contribution is 0.0298. The molecule has 1 saturated heterocycles. The van der Waals surface area contributed by atoms with Gasteiger partial charge in [0.2, 0.25) is 0 Å². The minimum atomic E-state index is -3.53. The van der Waals surface area contributed by atoms with Crippen molar-refractivity contribution < 1.29 is 22.7 Å². The third-order valence-electron chi connectivity index (χ3n) is 5.08. The molecule has 0 spiro atoms. The molecule has 0 aliphatic carbocycles. The average molecular weight is 405 g/mol. The van der Waals surface area contributed by atoms with Gasteiger partial charge in [0.1, 0.15) is 0 Å². The fraction of sp³-hybridized carbons (Fsp3) is 0.474. The molecular weight excluding hydrogens is 382 g/mol. The van der Waals surface area contributed by atoms with Crippen molar-refractivity contribution in [2.45, 2.75) is 23.6 Å². The van der Waals surface area contributed by atoms with E-state index >= 15 is 0 Å². The van der Waals surface area contributed by atoms with Gasteiger partial charge in [0.25, 0.3) is 5.91 Å². The van der Waals surface area contributed by atoms with Gasteiger partial charge in [0.05, 0.1) is 29.6 Å². The maximum atomic E-state index is 13.1. The average Bonchev–Trinajstić information content (AvgIpc) is 3.06. The second-order valence-electron chi connectivity index (χ2n) is 6.91. The van der Waals surface area contributed by atoms with E-state index in [-0.39, 0.29) is 17.4 Å².